The number of hydrogen-bond donors (Lipinski definition) is 0. The van der Waals surface area contributed by atoms with Crippen molar-refractivity contribution in [1.29, 1.82) is 0 Å². The van der Waals surface area contributed by atoms with Gasteiger partial charge < -0.3 is 9.90 Å². The van der Waals surface area contributed by atoms with Crippen LogP contribution in [0, 0.1) is 5.82 Å². The Labute approximate surface area is 87.8 Å². The predicted molar refractivity (Wildman–Crippen MR) is 45.4 cm³/mol. The maximum atomic E-state index is 13.0. The summed E-state index contributed by atoms with van der Waals surface area (Å²) in [6, 6.07) is 1.72. The standard InChI is InChI=1S/C10H6F4O2/c11-8-3-2-7(10(12,13)14)5-6(8)1-4-9(15)16/h1-5H,(H,15,16)/p-1/b4-1+. The highest BCUT2D eigenvalue weighted by molar-refractivity contribution is 5.83. The number of carbonyl (C=O) groups is 1. The molecule has 0 N–H and O–H groups in total. The minimum absolute atomic E-state index is 0.457. The third-order valence-electron chi connectivity index (χ3n) is 1.72. The fraction of sp³-hybridized carbons (Fsp3) is 0.100. The maximum Gasteiger partial charge on any atom is 0.416 e. The summed E-state index contributed by atoms with van der Waals surface area (Å²) in [6.07, 6.45) is -3.43. The molecule has 0 spiro atoms. The van der Waals surface area contributed by atoms with Gasteiger partial charge in [-0.15, -0.1) is 0 Å². The first-order valence-electron chi connectivity index (χ1n) is 4.06. The molecule has 16 heavy (non-hydrogen) atoms. The lowest BCUT2D eigenvalue weighted by Gasteiger charge is -2.07. The molecule has 0 unspecified atom stereocenters. The average Bonchev–Trinajstić information content (AvgIpc) is 2.14. The van der Waals surface area contributed by atoms with E-state index in [-0.39, 0.29) is 0 Å². The minimum atomic E-state index is -4.60. The second kappa shape index (κ2) is 4.34. The number of carboxylic acids is 1. The molecule has 1 aromatic carbocycles. The van der Waals surface area contributed by atoms with Gasteiger partial charge >= 0.3 is 6.18 Å². The maximum absolute atomic E-state index is 13.0. The van der Waals surface area contributed by atoms with Crippen LogP contribution >= 0.6 is 0 Å². The van der Waals surface area contributed by atoms with Crippen LogP contribution < -0.4 is 5.11 Å². The van der Waals surface area contributed by atoms with Crippen molar-refractivity contribution in [2.75, 3.05) is 0 Å². The van der Waals surface area contributed by atoms with E-state index in [2.05, 4.69) is 0 Å². The van der Waals surface area contributed by atoms with Gasteiger partial charge in [-0.3, -0.25) is 0 Å². The molecule has 0 atom stereocenters. The van der Waals surface area contributed by atoms with E-state index < -0.39 is 29.1 Å². The van der Waals surface area contributed by atoms with E-state index in [1.54, 1.807) is 0 Å². The number of carbonyl (C=O) groups excluding carboxylic acids is 1. The minimum Gasteiger partial charge on any atom is -0.545 e. The predicted octanol–water partition coefficient (Wildman–Crippen LogP) is 1.61. The number of alkyl halides is 3. The van der Waals surface area contributed by atoms with Crippen LogP contribution in [0.15, 0.2) is 24.3 Å². The van der Waals surface area contributed by atoms with Crippen LogP contribution in [-0.2, 0) is 11.0 Å². The van der Waals surface area contributed by atoms with E-state index in [1.165, 1.54) is 0 Å². The fourth-order valence-corrected chi connectivity index (χ4v) is 1.01. The van der Waals surface area contributed by atoms with Crippen LogP contribution in [-0.4, -0.2) is 5.97 Å². The number of hydrogen-bond acceptors (Lipinski definition) is 2. The monoisotopic (exact) mass is 233 g/mol. The normalized spacial score (nSPS) is 12.0. The molecule has 0 aliphatic carbocycles. The summed E-state index contributed by atoms with van der Waals surface area (Å²) < 4.78 is 49.6. The van der Waals surface area contributed by atoms with Gasteiger partial charge in [0, 0.05) is 5.56 Å². The van der Waals surface area contributed by atoms with E-state index in [0.717, 1.165) is 0 Å². The van der Waals surface area contributed by atoms with Crippen LogP contribution in [0.1, 0.15) is 11.1 Å². The van der Waals surface area contributed by atoms with Gasteiger partial charge in [0.05, 0.1) is 11.5 Å². The van der Waals surface area contributed by atoms with Crippen LogP contribution in [0.2, 0.25) is 0 Å². The lowest BCUT2D eigenvalue weighted by Crippen LogP contribution is -2.18. The Morgan fingerprint density at radius 3 is 2.44 bits per heavy atom. The van der Waals surface area contributed by atoms with E-state index in [1.807, 2.05) is 0 Å². The van der Waals surface area contributed by atoms with E-state index >= 15 is 0 Å². The number of benzene rings is 1. The zero-order chi connectivity index (χ0) is 12.3. The third kappa shape index (κ3) is 3.08. The highest BCUT2D eigenvalue weighted by atomic mass is 19.4. The van der Waals surface area contributed by atoms with Crippen LogP contribution in [0.5, 0.6) is 0 Å². The summed E-state index contributed by atoms with van der Waals surface area (Å²) >= 11 is 0. The SMILES string of the molecule is O=C([O-])/C=C/c1cc(C(F)(F)F)ccc1F. The second-order valence-corrected chi connectivity index (χ2v) is 2.89. The largest absolute Gasteiger partial charge is 0.545 e. The molecule has 0 aliphatic heterocycles. The van der Waals surface area contributed by atoms with Crippen LogP contribution in [0.25, 0.3) is 6.08 Å². The van der Waals surface area contributed by atoms with Crippen LogP contribution in [0.3, 0.4) is 0 Å². The van der Waals surface area contributed by atoms with Crippen molar-refractivity contribution in [3.8, 4) is 0 Å². The first-order valence-corrected chi connectivity index (χ1v) is 4.06. The molecule has 1 rings (SSSR count). The Morgan fingerprint density at radius 2 is 1.94 bits per heavy atom. The van der Waals surface area contributed by atoms with Crippen molar-refractivity contribution < 1.29 is 27.5 Å². The topological polar surface area (TPSA) is 40.1 Å². The molecule has 0 radical (unpaired) electrons. The zero-order valence-corrected chi connectivity index (χ0v) is 7.72. The number of rotatable bonds is 2. The van der Waals surface area contributed by atoms with Gasteiger partial charge in [-0.05, 0) is 24.3 Å². The molecule has 6 heteroatoms. The molecule has 0 fully saturated rings. The van der Waals surface area contributed by atoms with Crippen molar-refractivity contribution in [3.05, 3.63) is 41.2 Å². The summed E-state index contributed by atoms with van der Waals surface area (Å²) in [4.78, 5) is 10.0. The van der Waals surface area contributed by atoms with E-state index in [9.17, 15) is 27.5 Å². The molecule has 0 aliphatic rings. The second-order valence-electron chi connectivity index (χ2n) is 2.89. The molecule has 2 nitrogen and oxygen atoms in total. The lowest BCUT2D eigenvalue weighted by molar-refractivity contribution is -0.297. The van der Waals surface area contributed by atoms with Crippen molar-refractivity contribution in [3.63, 3.8) is 0 Å². The van der Waals surface area contributed by atoms with Crippen molar-refractivity contribution in [1.82, 2.24) is 0 Å². The van der Waals surface area contributed by atoms with Gasteiger partial charge in [0.25, 0.3) is 0 Å². The fourth-order valence-electron chi connectivity index (χ4n) is 1.01. The van der Waals surface area contributed by atoms with Gasteiger partial charge in [0.2, 0.25) is 0 Å². The molecular formula is C10H5F4O2-. The molecule has 0 saturated carbocycles. The quantitative estimate of drug-likeness (QED) is 0.575. The van der Waals surface area contributed by atoms with Gasteiger partial charge in [-0.1, -0.05) is 6.08 Å². The van der Waals surface area contributed by atoms with Gasteiger partial charge in [-0.2, -0.15) is 13.2 Å². The number of carboxylic acid groups (broad SMARTS) is 1. The molecule has 0 bridgehead atoms. The Kier molecular flexibility index (Phi) is 3.31. The van der Waals surface area contributed by atoms with Gasteiger partial charge in [0.15, 0.2) is 0 Å². The summed E-state index contributed by atoms with van der Waals surface area (Å²) in [6.45, 7) is 0. The smallest absolute Gasteiger partial charge is 0.416 e. The van der Waals surface area contributed by atoms with E-state index in [4.69, 9.17) is 0 Å². The summed E-state index contributed by atoms with van der Waals surface area (Å²) in [5, 5.41) is 10.0. The summed E-state index contributed by atoms with van der Waals surface area (Å²) in [5.74, 6) is -2.55. The van der Waals surface area contributed by atoms with Crippen LogP contribution in [0.4, 0.5) is 17.6 Å². The highest BCUT2D eigenvalue weighted by Gasteiger charge is 2.30. The Morgan fingerprint density at radius 1 is 1.31 bits per heavy atom. The Hall–Kier alpha value is -1.85. The third-order valence-corrected chi connectivity index (χ3v) is 1.72. The molecule has 0 heterocycles. The molecule has 86 valence electrons. The summed E-state index contributed by atoms with van der Waals surface area (Å²) in [7, 11) is 0. The number of aliphatic carboxylic acids is 1. The van der Waals surface area contributed by atoms with E-state index in [0.29, 0.717) is 30.4 Å². The molecule has 1 aromatic rings. The molecule has 0 amide bonds. The summed E-state index contributed by atoms with van der Waals surface area (Å²) in [5.41, 5.74) is -1.51. The first-order chi connectivity index (χ1) is 7.30. The molecule has 0 aromatic heterocycles. The van der Waals surface area contributed by atoms with Gasteiger partial charge in [0.1, 0.15) is 5.82 Å². The van der Waals surface area contributed by atoms with Crippen molar-refractivity contribution in [2.45, 2.75) is 6.18 Å². The highest BCUT2D eigenvalue weighted by Crippen LogP contribution is 2.30. The lowest BCUT2D eigenvalue weighted by atomic mass is 10.1. The van der Waals surface area contributed by atoms with Crippen molar-refractivity contribution >= 4 is 12.0 Å². The van der Waals surface area contributed by atoms with Gasteiger partial charge in [-0.25, -0.2) is 4.39 Å². The first kappa shape index (κ1) is 12.2. The van der Waals surface area contributed by atoms with Crippen molar-refractivity contribution in [2.24, 2.45) is 0 Å². The molecule has 0 saturated heterocycles. The average molecular weight is 233 g/mol. The number of halogens is 4. The zero-order valence-electron chi connectivity index (χ0n) is 7.72. The Balaban J connectivity index is 3.14. The Bertz CT molecular complexity index is 435. The molecular weight excluding hydrogens is 228 g/mol.